The van der Waals surface area contributed by atoms with Gasteiger partial charge in [-0.1, -0.05) is 18.2 Å². The Kier molecular flexibility index (Phi) is 2.64. The van der Waals surface area contributed by atoms with Crippen molar-refractivity contribution < 1.29 is 9.90 Å². The highest BCUT2D eigenvalue weighted by Crippen LogP contribution is 2.35. The zero-order valence-electron chi connectivity index (χ0n) is 10.5. The van der Waals surface area contributed by atoms with Crippen LogP contribution >= 0.6 is 11.3 Å². The number of benzene rings is 1. The maximum atomic E-state index is 11.3. The van der Waals surface area contributed by atoms with Crippen molar-refractivity contribution >= 4 is 28.2 Å². The van der Waals surface area contributed by atoms with Crippen molar-refractivity contribution in [1.82, 2.24) is 9.97 Å². The second kappa shape index (κ2) is 4.20. The van der Waals surface area contributed by atoms with Gasteiger partial charge in [0.05, 0.1) is 10.7 Å². The molecule has 2 N–H and O–H groups in total. The van der Waals surface area contributed by atoms with Crippen LogP contribution < -0.4 is 0 Å². The minimum absolute atomic E-state index is 0.297. The Morgan fingerprint density at radius 2 is 2.05 bits per heavy atom. The molecule has 19 heavy (non-hydrogen) atoms. The zero-order valence-corrected chi connectivity index (χ0v) is 11.3. The molecule has 0 atom stereocenters. The van der Waals surface area contributed by atoms with E-state index in [1.165, 1.54) is 11.3 Å². The van der Waals surface area contributed by atoms with Gasteiger partial charge < -0.3 is 10.1 Å². The second-order valence-corrected chi connectivity index (χ2v) is 5.59. The second-order valence-electron chi connectivity index (χ2n) is 4.39. The first kappa shape index (κ1) is 11.9. The van der Waals surface area contributed by atoms with Gasteiger partial charge in [0.15, 0.2) is 0 Å². The van der Waals surface area contributed by atoms with E-state index in [2.05, 4.69) is 9.97 Å². The third kappa shape index (κ3) is 1.82. The van der Waals surface area contributed by atoms with Crippen LogP contribution in [0.3, 0.4) is 0 Å². The van der Waals surface area contributed by atoms with Gasteiger partial charge in [0, 0.05) is 22.2 Å². The lowest BCUT2D eigenvalue weighted by atomic mass is 10.1. The summed E-state index contributed by atoms with van der Waals surface area (Å²) in [6.07, 6.45) is 0. The molecule has 0 aliphatic heterocycles. The lowest BCUT2D eigenvalue weighted by Crippen LogP contribution is -1.96. The molecule has 3 rings (SSSR count). The lowest BCUT2D eigenvalue weighted by molar-refractivity contribution is 0.0702. The van der Waals surface area contributed by atoms with Crippen LogP contribution in [-0.4, -0.2) is 21.0 Å². The van der Waals surface area contributed by atoms with Crippen LogP contribution in [0.5, 0.6) is 0 Å². The molecule has 0 unspecified atom stereocenters. The minimum Gasteiger partial charge on any atom is -0.477 e. The fraction of sp³-hybridized carbons (Fsp3) is 0.143. The van der Waals surface area contributed by atoms with Crippen LogP contribution in [0.1, 0.15) is 20.4 Å². The summed E-state index contributed by atoms with van der Waals surface area (Å²) in [6.45, 7) is 3.76. The van der Waals surface area contributed by atoms with Crippen LogP contribution in [0.2, 0.25) is 0 Å². The number of hydrogen-bond acceptors (Lipinski definition) is 3. The van der Waals surface area contributed by atoms with E-state index < -0.39 is 5.97 Å². The molecule has 2 aromatic heterocycles. The number of rotatable bonds is 2. The van der Waals surface area contributed by atoms with Crippen LogP contribution in [0.15, 0.2) is 24.3 Å². The van der Waals surface area contributed by atoms with Crippen molar-refractivity contribution in [2.75, 3.05) is 0 Å². The minimum atomic E-state index is -0.926. The number of carbonyl (C=O) groups is 1. The molecule has 0 radical (unpaired) electrons. The van der Waals surface area contributed by atoms with Crippen molar-refractivity contribution in [2.24, 2.45) is 0 Å². The molecule has 0 saturated heterocycles. The lowest BCUT2D eigenvalue weighted by Gasteiger charge is -1.99. The van der Waals surface area contributed by atoms with Gasteiger partial charge in [0.1, 0.15) is 4.88 Å². The molecular formula is C14H12N2O2S. The van der Waals surface area contributed by atoms with E-state index in [1.807, 2.05) is 38.1 Å². The number of aromatic amines is 1. The smallest absolute Gasteiger partial charge is 0.348 e. The monoisotopic (exact) mass is 272 g/mol. The standard InChI is InChI=1S/C14H12N2O2S/c1-7-11(9-5-3-4-6-10(9)15-7)12-13(14(17)18)19-8(2)16-12/h3-6,15H,1-2H3,(H,17,18). The number of carboxylic acids is 1. The Balaban J connectivity index is 2.36. The van der Waals surface area contributed by atoms with Crippen LogP contribution in [-0.2, 0) is 0 Å². The van der Waals surface area contributed by atoms with Crippen molar-refractivity contribution in [3.63, 3.8) is 0 Å². The molecule has 0 aliphatic rings. The molecule has 0 aliphatic carbocycles. The number of aromatic carboxylic acids is 1. The Labute approximate surface area is 113 Å². The van der Waals surface area contributed by atoms with Gasteiger partial charge in [0.25, 0.3) is 0 Å². The number of nitrogens with one attached hydrogen (secondary N) is 1. The molecule has 0 saturated carbocycles. The van der Waals surface area contributed by atoms with E-state index in [9.17, 15) is 9.90 Å². The number of hydrogen-bond donors (Lipinski definition) is 2. The Hall–Kier alpha value is -2.14. The predicted octanol–water partition coefficient (Wildman–Crippen LogP) is 3.61. The maximum Gasteiger partial charge on any atom is 0.348 e. The van der Waals surface area contributed by atoms with E-state index in [1.54, 1.807) is 0 Å². The topological polar surface area (TPSA) is 66.0 Å². The summed E-state index contributed by atoms with van der Waals surface area (Å²) >= 11 is 1.21. The van der Waals surface area contributed by atoms with Gasteiger partial charge in [-0.15, -0.1) is 11.3 Å². The fourth-order valence-corrected chi connectivity index (χ4v) is 3.09. The Morgan fingerprint density at radius 1 is 1.32 bits per heavy atom. The molecule has 0 fully saturated rings. The van der Waals surface area contributed by atoms with Crippen molar-refractivity contribution in [2.45, 2.75) is 13.8 Å². The van der Waals surface area contributed by atoms with Crippen molar-refractivity contribution in [3.05, 3.63) is 39.8 Å². The highest BCUT2D eigenvalue weighted by molar-refractivity contribution is 7.14. The number of thiazole rings is 1. The summed E-state index contributed by atoms with van der Waals surface area (Å²) in [7, 11) is 0. The summed E-state index contributed by atoms with van der Waals surface area (Å²) in [4.78, 5) is 19.3. The average molecular weight is 272 g/mol. The van der Waals surface area contributed by atoms with Gasteiger partial charge in [-0.05, 0) is 19.9 Å². The van der Waals surface area contributed by atoms with Crippen LogP contribution in [0.4, 0.5) is 0 Å². The third-order valence-electron chi connectivity index (χ3n) is 3.06. The Morgan fingerprint density at radius 3 is 2.79 bits per heavy atom. The van der Waals surface area contributed by atoms with E-state index in [0.29, 0.717) is 10.6 Å². The van der Waals surface area contributed by atoms with Gasteiger partial charge in [-0.3, -0.25) is 0 Å². The number of carboxylic acid groups (broad SMARTS) is 1. The summed E-state index contributed by atoms with van der Waals surface area (Å²) in [5, 5.41) is 11.1. The summed E-state index contributed by atoms with van der Waals surface area (Å²) in [6, 6.07) is 7.85. The number of aryl methyl sites for hydroxylation is 2. The molecule has 3 aromatic rings. The van der Waals surface area contributed by atoms with Gasteiger partial charge >= 0.3 is 5.97 Å². The average Bonchev–Trinajstić information content (AvgIpc) is 2.88. The third-order valence-corrected chi connectivity index (χ3v) is 4.02. The largest absolute Gasteiger partial charge is 0.477 e. The number of fused-ring (bicyclic) bond motifs is 1. The molecule has 4 nitrogen and oxygen atoms in total. The Bertz CT molecular complexity index is 786. The highest BCUT2D eigenvalue weighted by atomic mass is 32.1. The van der Waals surface area contributed by atoms with E-state index in [0.717, 1.165) is 27.2 Å². The maximum absolute atomic E-state index is 11.3. The highest BCUT2D eigenvalue weighted by Gasteiger charge is 2.21. The first-order valence-electron chi connectivity index (χ1n) is 5.86. The SMILES string of the molecule is Cc1nc(-c2c(C)[nH]c3ccccc23)c(C(=O)O)s1. The van der Waals surface area contributed by atoms with Gasteiger partial charge in [-0.25, -0.2) is 9.78 Å². The van der Waals surface area contributed by atoms with Gasteiger partial charge in [0.2, 0.25) is 0 Å². The number of nitrogens with zero attached hydrogens (tertiary/aromatic N) is 1. The van der Waals surface area contributed by atoms with Crippen molar-refractivity contribution in [3.8, 4) is 11.3 Å². The number of para-hydroxylation sites is 1. The first-order valence-corrected chi connectivity index (χ1v) is 6.68. The van der Waals surface area contributed by atoms with Crippen molar-refractivity contribution in [1.29, 1.82) is 0 Å². The number of H-pyrrole nitrogens is 1. The molecule has 0 spiro atoms. The molecule has 5 heteroatoms. The fourth-order valence-electron chi connectivity index (χ4n) is 2.32. The summed E-state index contributed by atoms with van der Waals surface area (Å²) < 4.78 is 0. The van der Waals surface area contributed by atoms with E-state index in [4.69, 9.17) is 0 Å². The zero-order chi connectivity index (χ0) is 13.6. The molecular weight excluding hydrogens is 260 g/mol. The molecule has 1 aromatic carbocycles. The van der Waals surface area contributed by atoms with E-state index >= 15 is 0 Å². The van der Waals surface area contributed by atoms with Crippen LogP contribution in [0.25, 0.3) is 22.2 Å². The molecule has 2 heterocycles. The van der Waals surface area contributed by atoms with Gasteiger partial charge in [-0.2, -0.15) is 0 Å². The summed E-state index contributed by atoms with van der Waals surface area (Å²) in [5.41, 5.74) is 3.38. The number of aromatic nitrogens is 2. The van der Waals surface area contributed by atoms with Crippen LogP contribution in [0, 0.1) is 13.8 Å². The normalized spacial score (nSPS) is 11.1. The predicted molar refractivity (Wildman–Crippen MR) is 75.8 cm³/mol. The molecule has 0 amide bonds. The molecule has 96 valence electrons. The molecule has 0 bridgehead atoms. The first-order chi connectivity index (χ1) is 9.08. The van der Waals surface area contributed by atoms with E-state index in [-0.39, 0.29) is 0 Å². The quantitative estimate of drug-likeness (QED) is 0.749. The summed E-state index contributed by atoms with van der Waals surface area (Å²) in [5.74, 6) is -0.926.